The van der Waals surface area contributed by atoms with Gasteiger partial charge in [0, 0.05) is 11.3 Å². The molecule has 4 rings (SSSR count). The van der Waals surface area contributed by atoms with E-state index >= 15 is 0 Å². The molecular formula is C19H18N4OS2. The molecule has 1 atom stereocenters. The smallest absolute Gasteiger partial charge is 0.257 e. The van der Waals surface area contributed by atoms with Gasteiger partial charge >= 0.3 is 0 Å². The standard InChI is InChI=1S/C19H18N4OS2/c1-19(10-11-25-17(20)23-19)13-8-6-12(7-9-13)16(24)22-18-21-14-4-2-3-5-15(14)26-18/h2-9H,10-11H2,1H3,(H2,20,23)(H,21,22,24). The van der Waals surface area contributed by atoms with E-state index < -0.39 is 0 Å². The number of nitrogens with zero attached hydrogens (tertiary/aromatic N) is 2. The minimum absolute atomic E-state index is 0.164. The third-order valence-electron chi connectivity index (χ3n) is 4.48. The number of aromatic nitrogens is 1. The Hall–Kier alpha value is -2.38. The summed E-state index contributed by atoms with van der Waals surface area (Å²) in [7, 11) is 0. The molecule has 1 aliphatic rings. The molecule has 0 bridgehead atoms. The maximum Gasteiger partial charge on any atom is 0.257 e. The molecule has 0 saturated heterocycles. The number of amidine groups is 1. The van der Waals surface area contributed by atoms with Gasteiger partial charge in [-0.3, -0.25) is 15.1 Å². The molecule has 0 radical (unpaired) electrons. The number of benzene rings is 2. The van der Waals surface area contributed by atoms with E-state index in [-0.39, 0.29) is 11.4 Å². The molecular weight excluding hydrogens is 364 g/mol. The zero-order valence-corrected chi connectivity index (χ0v) is 15.9. The Balaban J connectivity index is 1.53. The second-order valence-corrected chi connectivity index (χ2v) is 8.49. The van der Waals surface area contributed by atoms with Gasteiger partial charge in [0.05, 0.1) is 15.8 Å². The summed E-state index contributed by atoms with van der Waals surface area (Å²) >= 11 is 3.05. The van der Waals surface area contributed by atoms with Gasteiger partial charge in [0.15, 0.2) is 10.3 Å². The van der Waals surface area contributed by atoms with E-state index in [1.54, 1.807) is 11.8 Å². The number of rotatable bonds is 3. The predicted octanol–water partition coefficient (Wildman–Crippen LogP) is 4.22. The second-order valence-electron chi connectivity index (χ2n) is 6.34. The number of nitrogens with one attached hydrogen (secondary N) is 1. The van der Waals surface area contributed by atoms with Gasteiger partial charge in [-0.15, -0.1) is 0 Å². The molecule has 0 saturated carbocycles. The Morgan fingerprint density at radius 1 is 1.19 bits per heavy atom. The fourth-order valence-corrected chi connectivity index (χ4v) is 4.81. The quantitative estimate of drug-likeness (QED) is 0.711. The first kappa shape index (κ1) is 17.1. The molecule has 1 unspecified atom stereocenters. The van der Waals surface area contributed by atoms with Crippen LogP contribution in [0.1, 0.15) is 29.3 Å². The summed E-state index contributed by atoms with van der Waals surface area (Å²) in [6, 6.07) is 15.4. The Labute approximate surface area is 159 Å². The molecule has 2 heterocycles. The number of thioether (sulfide) groups is 1. The average molecular weight is 383 g/mol. The van der Waals surface area contributed by atoms with Gasteiger partial charge in [-0.05, 0) is 43.2 Å². The maximum atomic E-state index is 12.5. The second kappa shape index (κ2) is 6.74. The van der Waals surface area contributed by atoms with Crippen molar-refractivity contribution in [2.24, 2.45) is 10.7 Å². The normalized spacial score (nSPS) is 20.0. The van der Waals surface area contributed by atoms with Gasteiger partial charge in [-0.2, -0.15) is 0 Å². The Morgan fingerprint density at radius 3 is 2.69 bits per heavy atom. The van der Waals surface area contributed by atoms with Crippen molar-refractivity contribution < 1.29 is 4.79 Å². The van der Waals surface area contributed by atoms with Crippen LogP contribution >= 0.6 is 23.1 Å². The van der Waals surface area contributed by atoms with E-state index in [1.807, 2.05) is 48.5 Å². The number of carbonyl (C=O) groups is 1. The zero-order chi connectivity index (χ0) is 18.1. The molecule has 26 heavy (non-hydrogen) atoms. The lowest BCUT2D eigenvalue weighted by molar-refractivity contribution is 0.102. The Bertz CT molecular complexity index is 963. The molecule has 7 heteroatoms. The summed E-state index contributed by atoms with van der Waals surface area (Å²) in [4.78, 5) is 21.6. The third-order valence-corrected chi connectivity index (χ3v) is 6.23. The van der Waals surface area contributed by atoms with Crippen LogP contribution in [0, 0.1) is 0 Å². The van der Waals surface area contributed by atoms with Gasteiger partial charge < -0.3 is 5.73 Å². The fraction of sp³-hybridized carbons (Fsp3) is 0.211. The summed E-state index contributed by atoms with van der Waals surface area (Å²) < 4.78 is 1.05. The van der Waals surface area contributed by atoms with E-state index in [2.05, 4.69) is 22.2 Å². The van der Waals surface area contributed by atoms with Crippen molar-refractivity contribution in [3.63, 3.8) is 0 Å². The van der Waals surface area contributed by atoms with Crippen molar-refractivity contribution >= 4 is 49.5 Å². The maximum absolute atomic E-state index is 12.5. The van der Waals surface area contributed by atoms with Crippen LogP contribution in [0.25, 0.3) is 10.2 Å². The lowest BCUT2D eigenvalue weighted by Gasteiger charge is -2.29. The van der Waals surface area contributed by atoms with Gasteiger partial charge in [-0.1, -0.05) is 47.4 Å². The first-order valence-corrected chi connectivity index (χ1v) is 10.1. The van der Waals surface area contributed by atoms with Crippen LogP contribution in [0.3, 0.4) is 0 Å². The van der Waals surface area contributed by atoms with Crippen molar-refractivity contribution in [3.05, 3.63) is 59.7 Å². The average Bonchev–Trinajstić information content (AvgIpc) is 3.04. The minimum atomic E-state index is -0.322. The lowest BCUT2D eigenvalue weighted by atomic mass is 9.89. The number of nitrogens with two attached hydrogens (primary N) is 1. The SMILES string of the molecule is CC1(c2ccc(C(=O)Nc3nc4ccccc4s3)cc2)CCSC(N)=N1. The zero-order valence-electron chi connectivity index (χ0n) is 14.2. The molecule has 0 spiro atoms. The fourth-order valence-electron chi connectivity index (χ4n) is 2.97. The summed E-state index contributed by atoms with van der Waals surface area (Å²) in [6.07, 6.45) is 0.926. The highest BCUT2D eigenvalue weighted by Crippen LogP contribution is 2.35. The number of para-hydroxylation sites is 1. The van der Waals surface area contributed by atoms with E-state index in [0.717, 1.165) is 28.0 Å². The van der Waals surface area contributed by atoms with Crippen LogP contribution < -0.4 is 11.1 Å². The molecule has 1 aromatic heterocycles. The van der Waals surface area contributed by atoms with Crippen molar-refractivity contribution in [2.75, 3.05) is 11.1 Å². The molecule has 1 aliphatic heterocycles. The molecule has 3 N–H and O–H groups in total. The van der Waals surface area contributed by atoms with Crippen LogP contribution in [0.4, 0.5) is 5.13 Å². The van der Waals surface area contributed by atoms with Gasteiger partial charge in [-0.25, -0.2) is 4.98 Å². The summed E-state index contributed by atoms with van der Waals surface area (Å²) in [5.41, 5.74) is 8.12. The van der Waals surface area contributed by atoms with Crippen LogP contribution in [0.2, 0.25) is 0 Å². The number of amides is 1. The molecule has 2 aromatic carbocycles. The highest BCUT2D eigenvalue weighted by molar-refractivity contribution is 8.13. The summed E-state index contributed by atoms with van der Waals surface area (Å²) in [5.74, 6) is 0.786. The Kier molecular flexibility index (Phi) is 4.42. The number of fused-ring (bicyclic) bond motifs is 1. The first-order valence-electron chi connectivity index (χ1n) is 8.29. The summed E-state index contributed by atoms with van der Waals surface area (Å²) in [5, 5.41) is 4.11. The first-order chi connectivity index (χ1) is 12.5. The minimum Gasteiger partial charge on any atom is -0.379 e. The highest BCUT2D eigenvalue weighted by atomic mass is 32.2. The molecule has 0 aliphatic carbocycles. The summed E-state index contributed by atoms with van der Waals surface area (Å²) in [6.45, 7) is 2.08. The van der Waals surface area contributed by atoms with E-state index in [9.17, 15) is 4.79 Å². The van der Waals surface area contributed by atoms with Gasteiger partial charge in [0.25, 0.3) is 5.91 Å². The topological polar surface area (TPSA) is 80.4 Å². The number of carbonyl (C=O) groups excluding carboxylic acids is 1. The monoisotopic (exact) mass is 382 g/mol. The molecule has 1 amide bonds. The number of hydrogen-bond acceptors (Lipinski definition) is 6. The van der Waals surface area contributed by atoms with Crippen LogP contribution in [-0.4, -0.2) is 21.8 Å². The van der Waals surface area contributed by atoms with Gasteiger partial charge in [0.2, 0.25) is 0 Å². The number of anilines is 1. The van der Waals surface area contributed by atoms with Crippen molar-refractivity contribution in [3.8, 4) is 0 Å². The number of hydrogen-bond donors (Lipinski definition) is 2. The van der Waals surface area contributed by atoms with Crippen molar-refractivity contribution in [2.45, 2.75) is 18.9 Å². The number of thiazole rings is 1. The van der Waals surface area contributed by atoms with E-state index in [4.69, 9.17) is 5.73 Å². The highest BCUT2D eigenvalue weighted by Gasteiger charge is 2.29. The molecule has 0 fully saturated rings. The van der Waals surface area contributed by atoms with Crippen molar-refractivity contribution in [1.82, 2.24) is 4.98 Å². The largest absolute Gasteiger partial charge is 0.379 e. The number of aliphatic imine (C=N–C) groups is 1. The van der Waals surface area contributed by atoms with Gasteiger partial charge in [0.1, 0.15) is 0 Å². The van der Waals surface area contributed by atoms with E-state index in [0.29, 0.717) is 15.9 Å². The molecule has 5 nitrogen and oxygen atoms in total. The third kappa shape index (κ3) is 3.32. The van der Waals surface area contributed by atoms with Crippen molar-refractivity contribution in [1.29, 1.82) is 0 Å². The van der Waals surface area contributed by atoms with Crippen LogP contribution in [0.15, 0.2) is 53.5 Å². The molecule has 3 aromatic rings. The van der Waals surface area contributed by atoms with E-state index in [1.165, 1.54) is 11.3 Å². The lowest BCUT2D eigenvalue weighted by Crippen LogP contribution is -2.28. The van der Waals surface area contributed by atoms with Crippen LogP contribution in [0.5, 0.6) is 0 Å². The van der Waals surface area contributed by atoms with Crippen LogP contribution in [-0.2, 0) is 5.54 Å². The predicted molar refractivity (Wildman–Crippen MR) is 110 cm³/mol. The Morgan fingerprint density at radius 2 is 1.96 bits per heavy atom. The molecule has 132 valence electrons.